The minimum atomic E-state index is -0.428. The maximum atomic E-state index is 12.9. The number of hydrogen-bond acceptors (Lipinski definition) is 5. The number of nitrogens with one attached hydrogen (secondary N) is 1. The van der Waals surface area contributed by atoms with Crippen molar-refractivity contribution in [1.82, 2.24) is 15.1 Å². The highest BCUT2D eigenvalue weighted by Gasteiger charge is 2.60. The first-order chi connectivity index (χ1) is 12.7. The molecule has 0 aliphatic heterocycles. The van der Waals surface area contributed by atoms with Crippen LogP contribution in [0.1, 0.15) is 40.0 Å². The number of nitrogens with zero attached hydrogens (tertiary/aromatic N) is 2. The average Bonchev–Trinajstić information content (AvgIpc) is 3.31. The zero-order chi connectivity index (χ0) is 19.4. The summed E-state index contributed by atoms with van der Waals surface area (Å²) in [5, 5.41) is 9.56. The maximum absolute atomic E-state index is 12.9. The number of thiophene rings is 1. The van der Waals surface area contributed by atoms with Crippen molar-refractivity contribution in [3.8, 4) is 10.6 Å². The number of nitrogen functional groups attached to an aromatic ring is 1. The number of fused-ring (bicyclic) bond motifs is 2. The van der Waals surface area contributed by atoms with E-state index >= 15 is 0 Å². The molecule has 2 aliphatic rings. The van der Waals surface area contributed by atoms with E-state index in [1.165, 1.54) is 28.9 Å². The number of carbonyl (C=O) groups is 1. The Bertz CT molecular complexity index is 934. The standard InChI is InChI=1S/C20H26N4O2S/c1-19(2)12-6-7-13(9-12)20(19,3)22-17(25)11-24-18(26)14(21)10-15(23-24)16-5-4-8-27-16/h4-5,8,10,12-13H,6-7,9,11,21H2,1-3H3,(H,22,25)/t12-,13-,20+/m0/s1. The molecule has 2 saturated carbocycles. The Morgan fingerprint density at radius 2 is 2.11 bits per heavy atom. The van der Waals surface area contributed by atoms with Gasteiger partial charge >= 0.3 is 0 Å². The molecule has 0 aromatic carbocycles. The molecule has 2 bridgehead atoms. The second-order valence-electron chi connectivity index (χ2n) is 8.60. The third-order valence-corrected chi connectivity index (χ3v) is 7.97. The Kier molecular flexibility index (Phi) is 4.18. The van der Waals surface area contributed by atoms with Crippen LogP contribution in [-0.2, 0) is 11.3 Å². The van der Waals surface area contributed by atoms with Gasteiger partial charge in [-0.2, -0.15) is 5.10 Å². The van der Waals surface area contributed by atoms with Crippen LogP contribution in [-0.4, -0.2) is 21.2 Å². The summed E-state index contributed by atoms with van der Waals surface area (Å²) in [6, 6.07) is 5.40. The molecule has 0 saturated heterocycles. The molecular weight excluding hydrogens is 360 g/mol. The zero-order valence-electron chi connectivity index (χ0n) is 16.0. The van der Waals surface area contributed by atoms with Gasteiger partial charge in [-0.3, -0.25) is 9.59 Å². The number of amides is 1. The number of hydrogen-bond donors (Lipinski definition) is 2. The lowest BCUT2D eigenvalue weighted by atomic mass is 9.64. The molecule has 0 spiro atoms. The van der Waals surface area contributed by atoms with Gasteiger partial charge in [0.2, 0.25) is 5.91 Å². The van der Waals surface area contributed by atoms with Gasteiger partial charge in [0.15, 0.2) is 0 Å². The van der Waals surface area contributed by atoms with Crippen molar-refractivity contribution >= 4 is 22.9 Å². The molecule has 0 radical (unpaired) electrons. The van der Waals surface area contributed by atoms with Crippen LogP contribution in [0.4, 0.5) is 5.69 Å². The van der Waals surface area contributed by atoms with E-state index in [9.17, 15) is 9.59 Å². The van der Waals surface area contributed by atoms with Gasteiger partial charge in [-0.15, -0.1) is 11.3 Å². The van der Waals surface area contributed by atoms with E-state index in [0.29, 0.717) is 17.5 Å². The van der Waals surface area contributed by atoms with Crippen LogP contribution < -0.4 is 16.6 Å². The molecule has 0 unspecified atom stereocenters. The predicted octanol–water partition coefficient (Wildman–Crippen LogP) is 2.89. The van der Waals surface area contributed by atoms with Gasteiger partial charge in [0, 0.05) is 5.54 Å². The lowest BCUT2D eigenvalue weighted by Gasteiger charge is -2.48. The number of rotatable bonds is 4. The van der Waals surface area contributed by atoms with Crippen molar-refractivity contribution in [2.24, 2.45) is 17.3 Å². The van der Waals surface area contributed by atoms with Gasteiger partial charge < -0.3 is 11.1 Å². The van der Waals surface area contributed by atoms with Gasteiger partial charge in [0.25, 0.3) is 5.56 Å². The van der Waals surface area contributed by atoms with Gasteiger partial charge in [-0.25, -0.2) is 4.68 Å². The molecule has 144 valence electrons. The van der Waals surface area contributed by atoms with Gasteiger partial charge in [-0.05, 0) is 60.9 Å². The van der Waals surface area contributed by atoms with Crippen molar-refractivity contribution < 1.29 is 4.79 Å². The van der Waals surface area contributed by atoms with Crippen LogP contribution in [0.25, 0.3) is 10.6 Å². The highest BCUT2D eigenvalue weighted by Crippen LogP contribution is 2.61. The van der Waals surface area contributed by atoms with Crippen LogP contribution in [0, 0.1) is 17.3 Å². The summed E-state index contributed by atoms with van der Waals surface area (Å²) in [6.07, 6.45) is 3.57. The van der Waals surface area contributed by atoms with E-state index in [0.717, 1.165) is 11.3 Å². The van der Waals surface area contributed by atoms with Crippen LogP contribution >= 0.6 is 11.3 Å². The molecule has 2 aliphatic carbocycles. The average molecular weight is 387 g/mol. The van der Waals surface area contributed by atoms with E-state index < -0.39 is 5.56 Å². The topological polar surface area (TPSA) is 90.0 Å². The first-order valence-electron chi connectivity index (χ1n) is 9.45. The molecule has 1 amide bonds. The van der Waals surface area contributed by atoms with Crippen molar-refractivity contribution in [1.29, 1.82) is 0 Å². The second-order valence-corrected chi connectivity index (χ2v) is 9.55. The molecule has 27 heavy (non-hydrogen) atoms. The lowest BCUT2D eigenvalue weighted by molar-refractivity contribution is -0.126. The largest absolute Gasteiger partial charge is 0.394 e. The molecular formula is C20H26N4O2S. The van der Waals surface area contributed by atoms with Crippen LogP contribution in [0.15, 0.2) is 28.4 Å². The molecule has 7 heteroatoms. The SMILES string of the molecule is CC1(C)[C@H]2CC[C@@H](C2)[C@@]1(C)NC(=O)Cn1nc(-c2cccs2)cc(N)c1=O. The normalized spacial score (nSPS) is 28.4. The number of aromatic nitrogens is 2. The van der Waals surface area contributed by atoms with Crippen molar-refractivity contribution in [2.45, 2.75) is 52.1 Å². The smallest absolute Gasteiger partial charge is 0.290 e. The molecule has 3 atom stereocenters. The van der Waals surface area contributed by atoms with E-state index in [-0.39, 0.29) is 29.1 Å². The summed E-state index contributed by atoms with van der Waals surface area (Å²) in [6.45, 7) is 6.53. The monoisotopic (exact) mass is 386 g/mol. The molecule has 2 aromatic heterocycles. The van der Waals surface area contributed by atoms with Crippen molar-refractivity contribution in [2.75, 3.05) is 5.73 Å². The number of anilines is 1. The Morgan fingerprint density at radius 3 is 2.74 bits per heavy atom. The first-order valence-corrected chi connectivity index (χ1v) is 10.3. The Hall–Kier alpha value is -2.15. The molecule has 4 rings (SSSR count). The molecule has 2 heterocycles. The van der Waals surface area contributed by atoms with Gasteiger partial charge in [-0.1, -0.05) is 19.9 Å². The highest BCUT2D eigenvalue weighted by atomic mass is 32.1. The predicted molar refractivity (Wildman–Crippen MR) is 107 cm³/mol. The third-order valence-electron chi connectivity index (χ3n) is 7.08. The fraction of sp³-hybridized carbons (Fsp3) is 0.550. The Morgan fingerprint density at radius 1 is 1.37 bits per heavy atom. The van der Waals surface area contributed by atoms with Crippen LogP contribution in [0.2, 0.25) is 0 Å². The molecule has 6 nitrogen and oxygen atoms in total. The zero-order valence-corrected chi connectivity index (χ0v) is 16.8. The minimum Gasteiger partial charge on any atom is -0.394 e. The first kappa shape index (κ1) is 18.2. The highest BCUT2D eigenvalue weighted by molar-refractivity contribution is 7.13. The van der Waals surface area contributed by atoms with Crippen molar-refractivity contribution in [3.63, 3.8) is 0 Å². The number of nitrogens with two attached hydrogens (primary N) is 1. The van der Waals surface area contributed by atoms with Crippen molar-refractivity contribution in [3.05, 3.63) is 33.9 Å². The van der Waals surface area contributed by atoms with Gasteiger partial charge in [0.05, 0.1) is 4.88 Å². The molecule has 2 aromatic rings. The third kappa shape index (κ3) is 2.79. The van der Waals surface area contributed by atoms with E-state index in [1.54, 1.807) is 6.07 Å². The van der Waals surface area contributed by atoms with E-state index in [4.69, 9.17) is 5.73 Å². The van der Waals surface area contributed by atoms with E-state index in [1.807, 2.05) is 17.5 Å². The second kappa shape index (κ2) is 6.19. The Labute approximate surface area is 162 Å². The quantitative estimate of drug-likeness (QED) is 0.845. The maximum Gasteiger partial charge on any atom is 0.290 e. The van der Waals surface area contributed by atoms with Gasteiger partial charge in [0.1, 0.15) is 17.9 Å². The van der Waals surface area contributed by atoms with Crippen LogP contribution in [0.3, 0.4) is 0 Å². The molecule has 3 N–H and O–H groups in total. The fourth-order valence-electron chi connectivity index (χ4n) is 5.05. The summed E-state index contributed by atoms with van der Waals surface area (Å²) in [7, 11) is 0. The summed E-state index contributed by atoms with van der Waals surface area (Å²) in [5.41, 5.74) is 5.96. The van der Waals surface area contributed by atoms with Crippen LogP contribution in [0.5, 0.6) is 0 Å². The fourth-order valence-corrected chi connectivity index (χ4v) is 5.74. The Balaban J connectivity index is 1.58. The number of carbonyl (C=O) groups excluding carboxylic acids is 1. The summed E-state index contributed by atoms with van der Waals surface area (Å²) in [5.74, 6) is 0.954. The summed E-state index contributed by atoms with van der Waals surface area (Å²) < 4.78 is 1.18. The molecule has 2 fully saturated rings. The van der Waals surface area contributed by atoms with E-state index in [2.05, 4.69) is 31.2 Å². The lowest BCUT2D eigenvalue weighted by Crippen LogP contribution is -2.60. The minimum absolute atomic E-state index is 0.0435. The summed E-state index contributed by atoms with van der Waals surface area (Å²) in [4.78, 5) is 26.2. The summed E-state index contributed by atoms with van der Waals surface area (Å²) >= 11 is 1.52.